The molecule has 0 radical (unpaired) electrons. The van der Waals surface area contributed by atoms with E-state index >= 15 is 0 Å². The fourth-order valence-corrected chi connectivity index (χ4v) is 5.21. The van der Waals surface area contributed by atoms with Crippen molar-refractivity contribution in [2.24, 2.45) is 0 Å². The van der Waals surface area contributed by atoms with Crippen molar-refractivity contribution in [1.29, 1.82) is 5.26 Å². The number of rotatable bonds is 4. The van der Waals surface area contributed by atoms with E-state index in [0.717, 1.165) is 29.8 Å². The molecule has 3 aromatic carbocycles. The van der Waals surface area contributed by atoms with Crippen molar-refractivity contribution >= 4 is 15.7 Å². The first-order chi connectivity index (χ1) is 14.6. The summed E-state index contributed by atoms with van der Waals surface area (Å²) in [4.78, 5) is 2.50. The summed E-state index contributed by atoms with van der Waals surface area (Å²) in [5.74, 6) is 0. The van der Waals surface area contributed by atoms with E-state index in [1.54, 1.807) is 28.6 Å². The maximum Gasteiger partial charge on any atom is 0.243 e. The summed E-state index contributed by atoms with van der Waals surface area (Å²) in [5.41, 5.74) is 3.70. The molecule has 1 fully saturated rings. The van der Waals surface area contributed by atoms with Gasteiger partial charge in [-0.15, -0.1) is 0 Å². The molecule has 6 heteroatoms. The van der Waals surface area contributed by atoms with Gasteiger partial charge in [0.25, 0.3) is 0 Å². The Morgan fingerprint density at radius 1 is 0.733 bits per heavy atom. The summed E-state index contributed by atoms with van der Waals surface area (Å²) in [7, 11) is -3.54. The molecule has 0 aromatic heterocycles. The average molecular weight is 418 g/mol. The molecule has 1 aliphatic heterocycles. The summed E-state index contributed by atoms with van der Waals surface area (Å²) in [6, 6.07) is 26.6. The second-order valence-electron chi connectivity index (χ2n) is 7.29. The highest BCUT2D eigenvalue weighted by Gasteiger charge is 2.27. The third-order valence-corrected chi connectivity index (χ3v) is 7.33. The van der Waals surface area contributed by atoms with Gasteiger partial charge in [0.1, 0.15) is 0 Å². The van der Waals surface area contributed by atoms with Crippen LogP contribution in [0.4, 0.5) is 5.69 Å². The van der Waals surface area contributed by atoms with Crippen LogP contribution in [0.15, 0.2) is 83.8 Å². The third kappa shape index (κ3) is 4.23. The van der Waals surface area contributed by atoms with Gasteiger partial charge in [-0.1, -0.05) is 42.5 Å². The highest BCUT2D eigenvalue weighted by molar-refractivity contribution is 7.89. The number of anilines is 1. The quantitative estimate of drug-likeness (QED) is 0.640. The zero-order valence-electron chi connectivity index (χ0n) is 16.6. The van der Waals surface area contributed by atoms with Crippen LogP contribution < -0.4 is 4.90 Å². The number of benzene rings is 3. The van der Waals surface area contributed by atoms with Gasteiger partial charge in [0, 0.05) is 31.9 Å². The van der Waals surface area contributed by atoms with Crippen molar-refractivity contribution in [3.8, 4) is 17.2 Å². The molecule has 4 rings (SSSR count). The molecule has 0 aliphatic carbocycles. The van der Waals surface area contributed by atoms with Crippen molar-refractivity contribution in [2.45, 2.75) is 11.3 Å². The van der Waals surface area contributed by atoms with Gasteiger partial charge in [-0.3, -0.25) is 0 Å². The number of hydrogen-bond donors (Lipinski definition) is 0. The van der Waals surface area contributed by atoms with Crippen molar-refractivity contribution < 1.29 is 8.42 Å². The van der Waals surface area contributed by atoms with E-state index in [0.29, 0.717) is 30.1 Å². The van der Waals surface area contributed by atoms with E-state index in [1.165, 1.54) is 0 Å². The Morgan fingerprint density at radius 3 is 2.07 bits per heavy atom. The van der Waals surface area contributed by atoms with Crippen LogP contribution >= 0.6 is 0 Å². The van der Waals surface area contributed by atoms with Crippen LogP contribution in [-0.2, 0) is 10.0 Å². The van der Waals surface area contributed by atoms with Crippen molar-refractivity contribution in [3.63, 3.8) is 0 Å². The van der Waals surface area contributed by atoms with Crippen LogP contribution in [0.2, 0.25) is 0 Å². The lowest BCUT2D eigenvalue weighted by atomic mass is 10.1. The van der Waals surface area contributed by atoms with Crippen LogP contribution in [-0.4, -0.2) is 38.9 Å². The van der Waals surface area contributed by atoms with Crippen LogP contribution in [0.3, 0.4) is 0 Å². The summed E-state index contributed by atoms with van der Waals surface area (Å²) in [5, 5.41) is 8.96. The van der Waals surface area contributed by atoms with Gasteiger partial charge in [-0.05, 0) is 53.9 Å². The Morgan fingerprint density at radius 2 is 1.40 bits per heavy atom. The smallest absolute Gasteiger partial charge is 0.243 e. The fraction of sp³-hybridized carbons (Fsp3) is 0.208. The number of nitrogens with zero attached hydrogens (tertiary/aromatic N) is 3. The molecule has 0 N–H and O–H groups in total. The molecule has 1 aliphatic rings. The Kier molecular flexibility index (Phi) is 5.84. The van der Waals surface area contributed by atoms with E-state index in [-0.39, 0.29) is 0 Å². The zero-order valence-corrected chi connectivity index (χ0v) is 17.4. The summed E-state index contributed by atoms with van der Waals surface area (Å²) < 4.78 is 27.9. The van der Waals surface area contributed by atoms with Gasteiger partial charge >= 0.3 is 0 Å². The molecule has 152 valence electrons. The first-order valence-corrected chi connectivity index (χ1v) is 11.4. The topological polar surface area (TPSA) is 64.4 Å². The van der Waals surface area contributed by atoms with Gasteiger partial charge in [0.2, 0.25) is 10.0 Å². The summed E-state index contributed by atoms with van der Waals surface area (Å²) >= 11 is 0. The molecule has 5 nitrogen and oxygen atoms in total. The van der Waals surface area contributed by atoms with E-state index in [1.807, 2.05) is 54.6 Å². The molecule has 0 atom stereocenters. The molecular formula is C24H23N3O2S. The lowest BCUT2D eigenvalue weighted by Crippen LogP contribution is -2.35. The minimum Gasteiger partial charge on any atom is -0.370 e. The molecule has 1 heterocycles. The van der Waals surface area contributed by atoms with Gasteiger partial charge < -0.3 is 4.90 Å². The Labute approximate surface area is 177 Å². The van der Waals surface area contributed by atoms with Crippen molar-refractivity contribution in [1.82, 2.24) is 4.31 Å². The second-order valence-corrected chi connectivity index (χ2v) is 9.23. The molecule has 0 bridgehead atoms. The summed E-state index contributed by atoms with van der Waals surface area (Å²) in [6.07, 6.45) is 0.751. The molecule has 1 saturated heterocycles. The van der Waals surface area contributed by atoms with E-state index in [9.17, 15) is 8.42 Å². The highest BCUT2D eigenvalue weighted by atomic mass is 32.2. The lowest BCUT2D eigenvalue weighted by Gasteiger charge is -2.23. The largest absolute Gasteiger partial charge is 0.370 e. The minimum absolute atomic E-state index is 0.328. The number of nitriles is 1. The molecule has 0 unspecified atom stereocenters. The predicted octanol–water partition coefficient (Wildman–Crippen LogP) is 4.13. The first-order valence-electron chi connectivity index (χ1n) is 9.99. The standard InChI is InChI=1S/C24H23N3O2S/c25-19-20-7-11-23(12-8-20)26-15-4-16-27(18-17-26)30(28,29)24-13-9-22(10-14-24)21-5-2-1-3-6-21/h1-3,5-14H,4,15-18H2. The second kappa shape index (κ2) is 8.70. The van der Waals surface area contributed by atoms with Crippen LogP contribution in [0.25, 0.3) is 11.1 Å². The average Bonchev–Trinajstić information content (AvgIpc) is 3.07. The molecule has 0 amide bonds. The van der Waals surface area contributed by atoms with E-state index in [2.05, 4.69) is 11.0 Å². The number of sulfonamides is 1. The lowest BCUT2D eigenvalue weighted by molar-refractivity contribution is 0.433. The minimum atomic E-state index is -3.54. The highest BCUT2D eigenvalue weighted by Crippen LogP contribution is 2.24. The normalized spacial score (nSPS) is 15.4. The first kappa shape index (κ1) is 20.1. The van der Waals surface area contributed by atoms with Gasteiger partial charge in [0.05, 0.1) is 16.5 Å². The Bertz CT molecular complexity index is 1140. The van der Waals surface area contributed by atoms with Crippen LogP contribution in [0, 0.1) is 11.3 Å². The molecular weight excluding hydrogens is 394 g/mol. The molecule has 3 aromatic rings. The fourth-order valence-electron chi connectivity index (χ4n) is 3.74. The Hall–Kier alpha value is -3.14. The maximum absolute atomic E-state index is 13.2. The van der Waals surface area contributed by atoms with Gasteiger partial charge in [-0.25, -0.2) is 8.42 Å². The third-order valence-electron chi connectivity index (χ3n) is 5.42. The van der Waals surface area contributed by atoms with Gasteiger partial charge in [0.15, 0.2) is 0 Å². The van der Waals surface area contributed by atoms with Crippen LogP contribution in [0.5, 0.6) is 0 Å². The van der Waals surface area contributed by atoms with Crippen molar-refractivity contribution in [3.05, 3.63) is 84.4 Å². The Balaban J connectivity index is 1.48. The van der Waals surface area contributed by atoms with E-state index < -0.39 is 10.0 Å². The molecule has 30 heavy (non-hydrogen) atoms. The van der Waals surface area contributed by atoms with Crippen LogP contribution in [0.1, 0.15) is 12.0 Å². The maximum atomic E-state index is 13.2. The van der Waals surface area contributed by atoms with E-state index in [4.69, 9.17) is 5.26 Å². The molecule has 0 saturated carbocycles. The molecule has 0 spiro atoms. The predicted molar refractivity (Wildman–Crippen MR) is 119 cm³/mol. The monoisotopic (exact) mass is 417 g/mol. The zero-order chi connectivity index (χ0) is 21.0. The SMILES string of the molecule is N#Cc1ccc(N2CCCN(S(=O)(=O)c3ccc(-c4ccccc4)cc3)CC2)cc1. The number of hydrogen-bond acceptors (Lipinski definition) is 4. The van der Waals surface area contributed by atoms with Crippen molar-refractivity contribution in [2.75, 3.05) is 31.1 Å². The van der Waals surface area contributed by atoms with Gasteiger partial charge in [-0.2, -0.15) is 9.57 Å². The summed E-state index contributed by atoms with van der Waals surface area (Å²) in [6.45, 7) is 2.33.